The van der Waals surface area contributed by atoms with E-state index < -0.39 is 11.0 Å². The van der Waals surface area contributed by atoms with E-state index in [-0.39, 0.29) is 11.7 Å². The molecule has 6 heteroatoms. The van der Waals surface area contributed by atoms with Crippen molar-refractivity contribution in [3.8, 4) is 5.75 Å². The largest absolute Gasteiger partial charge is 0.497 e. The third kappa shape index (κ3) is 2.85. The molecule has 0 aromatic heterocycles. The van der Waals surface area contributed by atoms with Crippen molar-refractivity contribution in [3.63, 3.8) is 0 Å². The van der Waals surface area contributed by atoms with E-state index in [1.54, 1.807) is 19.2 Å². The second kappa shape index (κ2) is 6.09. The normalized spacial score (nSPS) is 22.4. The fourth-order valence-electron chi connectivity index (χ4n) is 2.79. The molecule has 2 unspecified atom stereocenters. The summed E-state index contributed by atoms with van der Waals surface area (Å²) in [5, 5.41) is 21.3. The van der Waals surface area contributed by atoms with Crippen LogP contribution in [-0.4, -0.2) is 36.3 Å². The highest BCUT2D eigenvalue weighted by atomic mass is 16.6. The van der Waals surface area contributed by atoms with Crippen LogP contribution in [0.1, 0.15) is 25.7 Å². The first-order valence-electron chi connectivity index (χ1n) is 6.78. The number of methoxy groups -OCH3 is 1. The Kier molecular flexibility index (Phi) is 4.44. The number of nitro groups is 1. The van der Waals surface area contributed by atoms with Crippen LogP contribution in [0.3, 0.4) is 0 Å². The minimum Gasteiger partial charge on any atom is -0.497 e. The lowest BCUT2D eigenvalue weighted by Gasteiger charge is -2.36. The average molecular weight is 280 g/mol. The molecule has 0 saturated heterocycles. The van der Waals surface area contributed by atoms with Gasteiger partial charge in [0.05, 0.1) is 24.2 Å². The topological polar surface area (TPSA) is 75.8 Å². The van der Waals surface area contributed by atoms with Crippen LogP contribution in [-0.2, 0) is 0 Å². The van der Waals surface area contributed by atoms with Gasteiger partial charge in [0, 0.05) is 19.2 Å². The number of aliphatic hydroxyl groups excluding tert-OH is 1. The molecule has 2 rings (SSSR count). The Balaban J connectivity index is 2.35. The van der Waals surface area contributed by atoms with Gasteiger partial charge in [-0.15, -0.1) is 0 Å². The highest BCUT2D eigenvalue weighted by Gasteiger charge is 2.30. The van der Waals surface area contributed by atoms with E-state index >= 15 is 0 Å². The number of benzene rings is 1. The molecule has 110 valence electrons. The van der Waals surface area contributed by atoms with Gasteiger partial charge in [-0.3, -0.25) is 10.1 Å². The molecule has 1 aliphatic carbocycles. The van der Waals surface area contributed by atoms with Gasteiger partial charge in [-0.25, -0.2) is 0 Å². The number of hydrogen-bond acceptors (Lipinski definition) is 5. The highest BCUT2D eigenvalue weighted by molar-refractivity contribution is 5.66. The first-order valence-corrected chi connectivity index (χ1v) is 6.78. The van der Waals surface area contributed by atoms with Crippen LogP contribution in [0, 0.1) is 10.1 Å². The third-order valence-corrected chi connectivity index (χ3v) is 3.95. The van der Waals surface area contributed by atoms with E-state index in [4.69, 9.17) is 4.74 Å². The Morgan fingerprint density at radius 3 is 2.70 bits per heavy atom. The standard InChI is InChI=1S/C14H20N2O4/c1-15(12-5-3-4-6-14(12)17)13-9-10(20-2)7-8-11(13)16(18)19/h7-9,12,14,17H,3-6H2,1-2H3. The maximum Gasteiger partial charge on any atom is 0.292 e. The summed E-state index contributed by atoms with van der Waals surface area (Å²) in [4.78, 5) is 12.6. The zero-order valence-corrected chi connectivity index (χ0v) is 11.8. The van der Waals surface area contributed by atoms with Crippen molar-refractivity contribution in [2.24, 2.45) is 0 Å². The van der Waals surface area contributed by atoms with Gasteiger partial charge in [0.2, 0.25) is 0 Å². The monoisotopic (exact) mass is 280 g/mol. The summed E-state index contributed by atoms with van der Waals surface area (Å²) in [6.45, 7) is 0. The molecule has 0 radical (unpaired) electrons. The van der Waals surface area contributed by atoms with Crippen molar-refractivity contribution in [2.75, 3.05) is 19.1 Å². The van der Waals surface area contributed by atoms with E-state index in [0.29, 0.717) is 11.4 Å². The molecule has 1 aromatic rings. The predicted octanol–water partition coefficient (Wildman–Crippen LogP) is 2.34. The molecule has 0 aliphatic heterocycles. The fraction of sp³-hybridized carbons (Fsp3) is 0.571. The molecule has 2 atom stereocenters. The van der Waals surface area contributed by atoms with E-state index in [9.17, 15) is 15.2 Å². The molecule has 1 aliphatic rings. The molecule has 0 bridgehead atoms. The quantitative estimate of drug-likeness (QED) is 0.676. The molecule has 6 nitrogen and oxygen atoms in total. The summed E-state index contributed by atoms with van der Waals surface area (Å²) in [7, 11) is 3.32. The zero-order chi connectivity index (χ0) is 14.7. The molecule has 1 aromatic carbocycles. The van der Waals surface area contributed by atoms with Crippen LogP contribution >= 0.6 is 0 Å². The Morgan fingerprint density at radius 1 is 1.40 bits per heavy atom. The van der Waals surface area contributed by atoms with Gasteiger partial charge in [-0.1, -0.05) is 12.8 Å². The van der Waals surface area contributed by atoms with Crippen LogP contribution in [0.5, 0.6) is 5.75 Å². The summed E-state index contributed by atoms with van der Waals surface area (Å²) >= 11 is 0. The lowest BCUT2D eigenvalue weighted by atomic mass is 9.91. The van der Waals surface area contributed by atoms with E-state index in [1.165, 1.54) is 13.2 Å². The van der Waals surface area contributed by atoms with Gasteiger partial charge < -0.3 is 14.7 Å². The highest BCUT2D eigenvalue weighted by Crippen LogP contribution is 2.35. The number of hydrogen-bond donors (Lipinski definition) is 1. The Bertz CT molecular complexity index is 492. The predicted molar refractivity (Wildman–Crippen MR) is 76.3 cm³/mol. The summed E-state index contributed by atoms with van der Waals surface area (Å²) in [6, 6.07) is 4.58. The molecule has 0 heterocycles. The maximum atomic E-state index is 11.2. The van der Waals surface area contributed by atoms with Crippen molar-refractivity contribution in [1.29, 1.82) is 0 Å². The van der Waals surface area contributed by atoms with Crippen LogP contribution in [0.4, 0.5) is 11.4 Å². The molecule has 0 amide bonds. The Labute approximate surface area is 118 Å². The van der Waals surface area contributed by atoms with Gasteiger partial charge in [0.15, 0.2) is 0 Å². The number of anilines is 1. The Hall–Kier alpha value is -1.82. The number of nitrogens with zero attached hydrogens (tertiary/aromatic N) is 2. The van der Waals surface area contributed by atoms with Gasteiger partial charge in [0.1, 0.15) is 11.4 Å². The number of ether oxygens (including phenoxy) is 1. The maximum absolute atomic E-state index is 11.2. The minimum absolute atomic E-state index is 0.0334. The van der Waals surface area contributed by atoms with Crippen LogP contribution in [0.25, 0.3) is 0 Å². The molecule has 20 heavy (non-hydrogen) atoms. The van der Waals surface area contributed by atoms with E-state index in [2.05, 4.69) is 0 Å². The minimum atomic E-state index is -0.445. The van der Waals surface area contributed by atoms with E-state index in [0.717, 1.165) is 25.7 Å². The first kappa shape index (κ1) is 14.6. The van der Waals surface area contributed by atoms with Crippen molar-refractivity contribution in [3.05, 3.63) is 28.3 Å². The summed E-state index contributed by atoms with van der Waals surface area (Å²) in [6.07, 6.45) is 3.17. The van der Waals surface area contributed by atoms with Gasteiger partial charge in [0.25, 0.3) is 5.69 Å². The molecule has 0 spiro atoms. The molecular formula is C14H20N2O4. The summed E-state index contributed by atoms with van der Waals surface area (Å²) in [5.74, 6) is 0.572. The lowest BCUT2D eigenvalue weighted by Crippen LogP contribution is -2.43. The third-order valence-electron chi connectivity index (χ3n) is 3.95. The van der Waals surface area contributed by atoms with Crippen molar-refractivity contribution in [2.45, 2.75) is 37.8 Å². The number of nitro benzene ring substituents is 1. The number of likely N-dealkylation sites (N-methyl/N-ethyl adjacent to an activating group) is 1. The van der Waals surface area contributed by atoms with Gasteiger partial charge in [-0.05, 0) is 18.9 Å². The summed E-state index contributed by atoms with van der Waals surface area (Å²) in [5.41, 5.74) is 0.520. The molecule has 1 saturated carbocycles. The number of rotatable bonds is 4. The van der Waals surface area contributed by atoms with E-state index in [1.807, 2.05) is 4.90 Å². The van der Waals surface area contributed by atoms with Crippen molar-refractivity contribution < 1.29 is 14.8 Å². The average Bonchev–Trinajstić information content (AvgIpc) is 2.46. The second-order valence-corrected chi connectivity index (χ2v) is 5.14. The lowest BCUT2D eigenvalue weighted by molar-refractivity contribution is -0.384. The van der Waals surface area contributed by atoms with Gasteiger partial charge in [-0.2, -0.15) is 0 Å². The second-order valence-electron chi connectivity index (χ2n) is 5.14. The smallest absolute Gasteiger partial charge is 0.292 e. The molecular weight excluding hydrogens is 260 g/mol. The molecule has 1 N–H and O–H groups in total. The van der Waals surface area contributed by atoms with Gasteiger partial charge >= 0.3 is 0 Å². The van der Waals surface area contributed by atoms with Crippen LogP contribution in [0.2, 0.25) is 0 Å². The van der Waals surface area contributed by atoms with Crippen LogP contribution < -0.4 is 9.64 Å². The summed E-state index contributed by atoms with van der Waals surface area (Å²) < 4.78 is 5.14. The first-order chi connectivity index (χ1) is 9.54. The van der Waals surface area contributed by atoms with Crippen molar-refractivity contribution >= 4 is 11.4 Å². The zero-order valence-electron chi connectivity index (χ0n) is 11.8. The van der Waals surface area contributed by atoms with Crippen LogP contribution in [0.15, 0.2) is 18.2 Å². The fourth-order valence-corrected chi connectivity index (χ4v) is 2.79. The molecule has 1 fully saturated rings. The SMILES string of the molecule is COc1ccc([N+](=O)[O-])c(N(C)C2CCCCC2O)c1. The number of aliphatic hydroxyl groups is 1. The Morgan fingerprint density at radius 2 is 2.10 bits per heavy atom. The van der Waals surface area contributed by atoms with Crippen molar-refractivity contribution in [1.82, 2.24) is 0 Å².